The van der Waals surface area contributed by atoms with Crippen molar-refractivity contribution in [3.63, 3.8) is 0 Å². The predicted molar refractivity (Wildman–Crippen MR) is 123 cm³/mol. The van der Waals surface area contributed by atoms with Crippen LogP contribution in [-0.4, -0.2) is 75.5 Å². The van der Waals surface area contributed by atoms with Gasteiger partial charge in [-0.15, -0.1) is 0 Å². The number of likely N-dealkylation sites (N-methyl/N-ethyl adjacent to an activating group) is 1. The second kappa shape index (κ2) is 10.9. The number of nitrogens with zero attached hydrogens (tertiary/aromatic N) is 2. The predicted octanol–water partition coefficient (Wildman–Crippen LogP) is 3.87. The number of rotatable bonds is 9. The van der Waals surface area contributed by atoms with Gasteiger partial charge >= 0.3 is 6.09 Å². The zero-order valence-electron chi connectivity index (χ0n) is 19.0. The summed E-state index contributed by atoms with van der Waals surface area (Å²) in [6, 6.07) is 4.95. The number of amides is 2. The van der Waals surface area contributed by atoms with Crippen LogP contribution < -0.4 is 0 Å². The average Bonchev–Trinajstić information content (AvgIpc) is 2.65. The summed E-state index contributed by atoms with van der Waals surface area (Å²) in [5.41, 5.74) is -1.19. The summed E-state index contributed by atoms with van der Waals surface area (Å²) in [4.78, 5) is 27.6. The lowest BCUT2D eigenvalue weighted by Gasteiger charge is -2.45. The standard InChI is InChI=1S/C22H34Cl2N2O5/c1-14(2)19(29)25(6)12-22(10-16(28)11-27,13-26(20(30)31)21(3,4)5)15-7-8-17(23)18(24)9-15/h7-9,14,16,27-28H,10-13H2,1-6H3,(H,30,31). The lowest BCUT2D eigenvalue weighted by molar-refractivity contribution is -0.134. The Balaban J connectivity index is 3.71. The van der Waals surface area contributed by atoms with Gasteiger partial charge in [-0.05, 0) is 44.9 Å². The molecule has 2 unspecified atom stereocenters. The highest BCUT2D eigenvalue weighted by Crippen LogP contribution is 2.37. The molecule has 0 saturated heterocycles. The Labute approximate surface area is 194 Å². The molecular weight excluding hydrogens is 443 g/mol. The zero-order chi connectivity index (χ0) is 24.1. The molecular formula is C22H34Cl2N2O5. The Morgan fingerprint density at radius 2 is 1.68 bits per heavy atom. The highest BCUT2D eigenvalue weighted by molar-refractivity contribution is 6.42. The van der Waals surface area contributed by atoms with E-state index in [0.717, 1.165) is 0 Å². The Kier molecular flexibility index (Phi) is 9.63. The van der Waals surface area contributed by atoms with Crippen LogP contribution in [0.5, 0.6) is 0 Å². The first-order valence-corrected chi connectivity index (χ1v) is 10.9. The van der Waals surface area contributed by atoms with E-state index in [9.17, 15) is 24.9 Å². The SMILES string of the molecule is CC(C)C(=O)N(C)CC(CC(O)CO)(CN(C(=O)O)C(C)(C)C)c1ccc(Cl)c(Cl)c1. The van der Waals surface area contributed by atoms with Crippen molar-refractivity contribution in [1.82, 2.24) is 9.80 Å². The van der Waals surface area contributed by atoms with Gasteiger partial charge in [-0.3, -0.25) is 4.79 Å². The van der Waals surface area contributed by atoms with Crippen LogP contribution >= 0.6 is 23.2 Å². The number of benzene rings is 1. The molecule has 0 spiro atoms. The number of carbonyl (C=O) groups is 2. The normalized spacial score (nSPS) is 14.8. The van der Waals surface area contributed by atoms with E-state index in [1.807, 2.05) is 0 Å². The summed E-state index contributed by atoms with van der Waals surface area (Å²) in [5.74, 6) is -0.391. The second-order valence-corrected chi connectivity index (χ2v) is 10.2. The van der Waals surface area contributed by atoms with E-state index in [1.54, 1.807) is 59.9 Å². The molecule has 176 valence electrons. The van der Waals surface area contributed by atoms with Crippen LogP contribution in [0.1, 0.15) is 46.6 Å². The second-order valence-electron chi connectivity index (χ2n) is 9.34. The van der Waals surface area contributed by atoms with E-state index < -0.39 is 29.8 Å². The van der Waals surface area contributed by atoms with Gasteiger partial charge in [0.2, 0.25) is 5.91 Å². The quantitative estimate of drug-likeness (QED) is 0.501. The number of aliphatic hydroxyl groups excluding tert-OH is 2. The summed E-state index contributed by atoms with van der Waals surface area (Å²) < 4.78 is 0. The van der Waals surface area contributed by atoms with E-state index in [2.05, 4.69) is 0 Å². The van der Waals surface area contributed by atoms with Gasteiger partial charge in [0, 0.05) is 37.0 Å². The molecule has 3 N–H and O–H groups in total. The first-order valence-electron chi connectivity index (χ1n) is 10.1. The van der Waals surface area contributed by atoms with Crippen LogP contribution in [0.2, 0.25) is 10.0 Å². The molecule has 0 fully saturated rings. The van der Waals surface area contributed by atoms with Crippen molar-refractivity contribution in [2.24, 2.45) is 5.92 Å². The van der Waals surface area contributed by atoms with Crippen LogP contribution in [0.4, 0.5) is 4.79 Å². The summed E-state index contributed by atoms with van der Waals surface area (Å²) in [6.07, 6.45) is -2.25. The van der Waals surface area contributed by atoms with Gasteiger partial charge in [0.05, 0.1) is 22.8 Å². The average molecular weight is 477 g/mol. The van der Waals surface area contributed by atoms with E-state index in [-0.39, 0.29) is 36.4 Å². The third-order valence-electron chi connectivity index (χ3n) is 5.28. The van der Waals surface area contributed by atoms with Gasteiger partial charge in [0.1, 0.15) is 0 Å². The number of halogens is 2. The number of hydrogen-bond donors (Lipinski definition) is 3. The van der Waals surface area contributed by atoms with Gasteiger partial charge in [0.25, 0.3) is 0 Å². The number of carbonyl (C=O) groups excluding carboxylic acids is 1. The van der Waals surface area contributed by atoms with Crippen molar-refractivity contribution in [3.05, 3.63) is 33.8 Å². The molecule has 1 rings (SSSR count). The topological polar surface area (TPSA) is 101 Å². The lowest BCUT2D eigenvalue weighted by atomic mass is 9.74. The third kappa shape index (κ3) is 7.24. The molecule has 1 aromatic rings. The summed E-state index contributed by atoms with van der Waals surface area (Å²) in [5, 5.41) is 30.5. The molecule has 31 heavy (non-hydrogen) atoms. The van der Waals surface area contributed by atoms with E-state index in [1.165, 1.54) is 9.80 Å². The molecule has 7 nitrogen and oxygen atoms in total. The molecule has 0 aliphatic heterocycles. The van der Waals surface area contributed by atoms with Gasteiger partial charge in [-0.1, -0.05) is 43.1 Å². The zero-order valence-corrected chi connectivity index (χ0v) is 20.5. The fourth-order valence-corrected chi connectivity index (χ4v) is 3.99. The number of hydrogen-bond acceptors (Lipinski definition) is 4. The Morgan fingerprint density at radius 3 is 2.10 bits per heavy atom. The van der Waals surface area contributed by atoms with Crippen molar-refractivity contribution >= 4 is 35.2 Å². The van der Waals surface area contributed by atoms with Crippen molar-refractivity contribution in [2.75, 3.05) is 26.7 Å². The van der Waals surface area contributed by atoms with E-state index in [0.29, 0.717) is 10.6 Å². The molecule has 9 heteroatoms. The summed E-state index contributed by atoms with van der Waals surface area (Å²) in [6.45, 7) is 8.44. The molecule has 0 bridgehead atoms. The molecule has 0 aromatic heterocycles. The molecule has 2 atom stereocenters. The smallest absolute Gasteiger partial charge is 0.407 e. The van der Waals surface area contributed by atoms with Gasteiger partial charge < -0.3 is 25.1 Å². The summed E-state index contributed by atoms with van der Waals surface area (Å²) in [7, 11) is 1.64. The van der Waals surface area contributed by atoms with Crippen molar-refractivity contribution in [3.8, 4) is 0 Å². The number of aliphatic hydroxyl groups is 2. The van der Waals surface area contributed by atoms with Gasteiger partial charge in [0.15, 0.2) is 0 Å². The minimum atomic E-state index is -1.13. The molecule has 0 heterocycles. The first kappa shape index (κ1) is 27.5. The molecule has 0 aliphatic rings. The van der Waals surface area contributed by atoms with Gasteiger partial charge in [-0.25, -0.2) is 4.79 Å². The minimum Gasteiger partial charge on any atom is -0.465 e. The van der Waals surface area contributed by atoms with Crippen LogP contribution in [0.15, 0.2) is 18.2 Å². The highest BCUT2D eigenvalue weighted by atomic mass is 35.5. The highest BCUT2D eigenvalue weighted by Gasteiger charge is 2.42. The maximum absolute atomic E-state index is 12.7. The maximum atomic E-state index is 12.7. The van der Waals surface area contributed by atoms with Crippen LogP contribution in [0, 0.1) is 5.92 Å². The fraction of sp³-hybridized carbons (Fsp3) is 0.636. The van der Waals surface area contributed by atoms with Crippen LogP contribution in [0.3, 0.4) is 0 Å². The Morgan fingerprint density at radius 1 is 1.10 bits per heavy atom. The Hall–Kier alpha value is -1.54. The number of carboxylic acid groups (broad SMARTS) is 1. The van der Waals surface area contributed by atoms with E-state index in [4.69, 9.17) is 23.2 Å². The molecule has 0 aliphatic carbocycles. The van der Waals surface area contributed by atoms with Crippen LogP contribution in [0.25, 0.3) is 0 Å². The molecule has 0 saturated carbocycles. The van der Waals surface area contributed by atoms with Gasteiger partial charge in [-0.2, -0.15) is 0 Å². The molecule has 0 radical (unpaired) electrons. The third-order valence-corrected chi connectivity index (χ3v) is 6.02. The lowest BCUT2D eigenvalue weighted by Crippen LogP contribution is -2.56. The minimum absolute atomic E-state index is 0.0109. The Bertz CT molecular complexity index is 782. The summed E-state index contributed by atoms with van der Waals surface area (Å²) >= 11 is 12.4. The van der Waals surface area contributed by atoms with Crippen molar-refractivity contribution < 1.29 is 24.9 Å². The monoisotopic (exact) mass is 476 g/mol. The molecule has 1 aromatic carbocycles. The first-order chi connectivity index (χ1) is 14.1. The largest absolute Gasteiger partial charge is 0.465 e. The molecule has 2 amide bonds. The fourth-order valence-electron chi connectivity index (χ4n) is 3.69. The van der Waals surface area contributed by atoms with Crippen molar-refractivity contribution in [2.45, 2.75) is 58.1 Å². The van der Waals surface area contributed by atoms with E-state index >= 15 is 0 Å². The van der Waals surface area contributed by atoms with Crippen molar-refractivity contribution in [1.29, 1.82) is 0 Å². The van der Waals surface area contributed by atoms with Crippen LogP contribution in [-0.2, 0) is 10.2 Å². The maximum Gasteiger partial charge on any atom is 0.407 e.